The van der Waals surface area contributed by atoms with Gasteiger partial charge in [-0.15, -0.1) is 0 Å². The van der Waals surface area contributed by atoms with Crippen molar-refractivity contribution in [3.05, 3.63) is 33.8 Å². The number of hydrogen-bond donors (Lipinski definition) is 0. The molecule has 1 atom stereocenters. The van der Waals surface area contributed by atoms with E-state index in [0.717, 1.165) is 11.8 Å². The highest BCUT2D eigenvalue weighted by Gasteiger charge is 2.21. The van der Waals surface area contributed by atoms with Gasteiger partial charge in [-0.25, -0.2) is 8.42 Å². The van der Waals surface area contributed by atoms with Crippen molar-refractivity contribution in [2.24, 2.45) is 0 Å². The van der Waals surface area contributed by atoms with Crippen LogP contribution < -0.4 is 0 Å². The monoisotopic (exact) mass is 281 g/mol. The molecule has 0 aliphatic heterocycles. The van der Waals surface area contributed by atoms with E-state index in [2.05, 4.69) is 0 Å². The van der Waals surface area contributed by atoms with Crippen LogP contribution in [0.25, 0.3) is 0 Å². The summed E-state index contributed by atoms with van der Waals surface area (Å²) >= 11 is 11.8. The molecule has 0 aliphatic rings. The van der Waals surface area contributed by atoms with E-state index in [1.54, 1.807) is 25.1 Å². The Morgan fingerprint density at radius 2 is 1.88 bits per heavy atom. The Hall–Kier alpha value is -0.290. The largest absolute Gasteiger partial charge is 0.212 e. The zero-order chi connectivity index (χ0) is 12.5. The zero-order valence-electron chi connectivity index (χ0n) is 9.24. The van der Waals surface area contributed by atoms with E-state index in [0.29, 0.717) is 10.0 Å². The molecule has 90 valence electrons. The summed E-state index contributed by atoms with van der Waals surface area (Å²) in [6.45, 7) is 1.77. The summed E-state index contributed by atoms with van der Waals surface area (Å²) in [5, 5.41) is 0.999. The van der Waals surface area contributed by atoms with Gasteiger partial charge in [-0.2, -0.15) is 4.31 Å². The van der Waals surface area contributed by atoms with Gasteiger partial charge in [-0.1, -0.05) is 29.3 Å². The van der Waals surface area contributed by atoms with Crippen molar-refractivity contribution in [2.75, 3.05) is 13.3 Å². The number of nitrogens with zero attached hydrogens (tertiary/aromatic N) is 1. The van der Waals surface area contributed by atoms with Crippen LogP contribution in [0.2, 0.25) is 10.0 Å². The molecule has 0 heterocycles. The Kier molecular flexibility index (Phi) is 4.23. The topological polar surface area (TPSA) is 37.4 Å². The fraction of sp³-hybridized carbons (Fsp3) is 0.400. The Bertz CT molecular complexity index is 488. The smallest absolute Gasteiger partial charge is 0.211 e. The molecular weight excluding hydrogens is 269 g/mol. The van der Waals surface area contributed by atoms with Crippen molar-refractivity contribution < 1.29 is 8.42 Å². The van der Waals surface area contributed by atoms with Gasteiger partial charge in [0.05, 0.1) is 6.26 Å². The van der Waals surface area contributed by atoms with Gasteiger partial charge in [0, 0.05) is 23.1 Å². The van der Waals surface area contributed by atoms with Crippen LogP contribution in [0.5, 0.6) is 0 Å². The molecule has 0 fully saturated rings. The van der Waals surface area contributed by atoms with Gasteiger partial charge in [-0.3, -0.25) is 0 Å². The zero-order valence-corrected chi connectivity index (χ0v) is 11.6. The second-order valence-corrected chi connectivity index (χ2v) is 6.51. The van der Waals surface area contributed by atoms with E-state index < -0.39 is 10.0 Å². The molecule has 1 unspecified atom stereocenters. The van der Waals surface area contributed by atoms with Gasteiger partial charge in [0.15, 0.2) is 0 Å². The molecule has 0 aromatic heterocycles. The predicted octanol–water partition coefficient (Wildman–Crippen LogP) is 2.95. The third-order valence-corrected chi connectivity index (χ3v) is 4.41. The average Bonchev–Trinajstić information content (AvgIpc) is 2.14. The van der Waals surface area contributed by atoms with Crippen LogP contribution in [-0.4, -0.2) is 26.0 Å². The molecule has 0 saturated heterocycles. The second kappa shape index (κ2) is 4.92. The third kappa shape index (κ3) is 3.10. The van der Waals surface area contributed by atoms with E-state index in [1.807, 2.05) is 0 Å². The molecule has 0 saturated carbocycles. The van der Waals surface area contributed by atoms with Gasteiger partial charge in [0.1, 0.15) is 0 Å². The average molecular weight is 282 g/mol. The van der Waals surface area contributed by atoms with Gasteiger partial charge in [-0.05, 0) is 24.6 Å². The van der Waals surface area contributed by atoms with Crippen LogP contribution in [0.4, 0.5) is 0 Å². The maximum Gasteiger partial charge on any atom is 0.211 e. The van der Waals surface area contributed by atoms with E-state index in [4.69, 9.17) is 23.2 Å². The molecule has 0 aliphatic carbocycles. The highest BCUT2D eigenvalue weighted by Crippen LogP contribution is 2.29. The van der Waals surface area contributed by atoms with E-state index >= 15 is 0 Å². The van der Waals surface area contributed by atoms with Crippen LogP contribution >= 0.6 is 23.2 Å². The Balaban J connectivity index is 3.10. The maximum atomic E-state index is 11.4. The molecule has 1 aromatic carbocycles. The standard InChI is InChI=1S/C10H13Cl2NO2S/c1-7(13(2)16(3,14)15)9-5-4-8(11)6-10(9)12/h4-7H,1-3H3. The number of benzene rings is 1. The first-order chi connectivity index (χ1) is 7.23. The van der Waals surface area contributed by atoms with Crippen molar-refractivity contribution >= 4 is 33.2 Å². The highest BCUT2D eigenvalue weighted by atomic mass is 35.5. The van der Waals surface area contributed by atoms with Crippen molar-refractivity contribution in [3.63, 3.8) is 0 Å². The lowest BCUT2D eigenvalue weighted by molar-refractivity contribution is 0.402. The molecule has 0 spiro atoms. The van der Waals surface area contributed by atoms with Crippen molar-refractivity contribution in [1.29, 1.82) is 0 Å². The first kappa shape index (κ1) is 13.8. The van der Waals surface area contributed by atoms with Gasteiger partial charge in [0.2, 0.25) is 10.0 Å². The molecule has 6 heteroatoms. The second-order valence-electron chi connectivity index (χ2n) is 3.62. The SMILES string of the molecule is CC(c1ccc(Cl)cc1Cl)N(C)S(C)(=O)=O. The number of hydrogen-bond acceptors (Lipinski definition) is 2. The van der Waals surface area contributed by atoms with Crippen LogP contribution in [0.1, 0.15) is 18.5 Å². The molecule has 1 rings (SSSR count). The molecule has 16 heavy (non-hydrogen) atoms. The van der Waals surface area contributed by atoms with Crippen LogP contribution in [-0.2, 0) is 10.0 Å². The van der Waals surface area contributed by atoms with E-state index in [9.17, 15) is 8.42 Å². The van der Waals surface area contributed by atoms with Gasteiger partial charge < -0.3 is 0 Å². The quantitative estimate of drug-likeness (QED) is 0.854. The normalized spacial score (nSPS) is 14.1. The molecule has 0 radical (unpaired) electrons. The molecule has 0 bridgehead atoms. The minimum absolute atomic E-state index is 0.320. The van der Waals surface area contributed by atoms with E-state index in [-0.39, 0.29) is 6.04 Å². The molecular formula is C10H13Cl2NO2S. The van der Waals surface area contributed by atoms with Crippen molar-refractivity contribution in [2.45, 2.75) is 13.0 Å². The lowest BCUT2D eigenvalue weighted by Crippen LogP contribution is -2.28. The maximum absolute atomic E-state index is 11.4. The first-order valence-electron chi connectivity index (χ1n) is 4.61. The third-order valence-electron chi connectivity index (χ3n) is 2.48. The molecule has 0 N–H and O–H groups in total. The predicted molar refractivity (Wildman–Crippen MR) is 67.5 cm³/mol. The fourth-order valence-electron chi connectivity index (χ4n) is 1.32. The van der Waals surface area contributed by atoms with Crippen LogP contribution in [0.3, 0.4) is 0 Å². The first-order valence-corrected chi connectivity index (χ1v) is 7.22. The van der Waals surface area contributed by atoms with Crippen molar-refractivity contribution in [3.8, 4) is 0 Å². The van der Waals surface area contributed by atoms with Crippen LogP contribution in [0.15, 0.2) is 18.2 Å². The number of halogens is 2. The van der Waals surface area contributed by atoms with E-state index in [1.165, 1.54) is 11.4 Å². The van der Waals surface area contributed by atoms with Crippen molar-refractivity contribution in [1.82, 2.24) is 4.31 Å². The highest BCUT2D eigenvalue weighted by molar-refractivity contribution is 7.88. The minimum Gasteiger partial charge on any atom is -0.212 e. The Morgan fingerprint density at radius 3 is 2.31 bits per heavy atom. The molecule has 0 amide bonds. The van der Waals surface area contributed by atoms with Gasteiger partial charge >= 0.3 is 0 Å². The number of rotatable bonds is 3. The lowest BCUT2D eigenvalue weighted by atomic mass is 10.1. The molecule has 1 aromatic rings. The minimum atomic E-state index is -3.24. The number of sulfonamides is 1. The summed E-state index contributed by atoms with van der Waals surface area (Å²) in [4.78, 5) is 0. The summed E-state index contributed by atoms with van der Waals surface area (Å²) in [5.74, 6) is 0. The summed E-state index contributed by atoms with van der Waals surface area (Å²) < 4.78 is 24.0. The summed E-state index contributed by atoms with van der Waals surface area (Å²) in [6.07, 6.45) is 1.16. The Labute approximate surface area is 106 Å². The fourth-order valence-corrected chi connectivity index (χ4v) is 2.58. The Morgan fingerprint density at radius 1 is 1.31 bits per heavy atom. The summed E-state index contributed by atoms with van der Waals surface area (Å²) in [6, 6.07) is 4.71. The van der Waals surface area contributed by atoms with Crippen LogP contribution in [0, 0.1) is 0 Å². The summed E-state index contributed by atoms with van der Waals surface area (Å²) in [7, 11) is -1.72. The van der Waals surface area contributed by atoms with Gasteiger partial charge in [0.25, 0.3) is 0 Å². The summed E-state index contributed by atoms with van der Waals surface area (Å²) in [5.41, 5.74) is 0.735. The lowest BCUT2D eigenvalue weighted by Gasteiger charge is -2.23. The molecule has 3 nitrogen and oxygen atoms in total.